The molecule has 4 N–H and O–H groups in total. The quantitative estimate of drug-likeness (QED) is 0.683. The Morgan fingerprint density at radius 3 is 2.54 bits per heavy atom. The molecule has 0 fully saturated rings. The van der Waals surface area contributed by atoms with E-state index in [0.717, 1.165) is 16.9 Å². The SMILES string of the molecule is CC(O)C(NCc1ccc(OCc2cccc(Cl)c2)cc1)C(N)=O. The molecule has 5 nitrogen and oxygen atoms in total. The first-order valence-electron chi connectivity index (χ1n) is 7.62. The van der Waals surface area contributed by atoms with Crippen molar-refractivity contribution in [2.24, 2.45) is 5.73 Å². The van der Waals surface area contributed by atoms with E-state index >= 15 is 0 Å². The van der Waals surface area contributed by atoms with E-state index in [1.165, 1.54) is 6.92 Å². The van der Waals surface area contributed by atoms with Crippen LogP contribution in [0.15, 0.2) is 48.5 Å². The Kier molecular flexibility index (Phi) is 6.61. The zero-order valence-electron chi connectivity index (χ0n) is 13.4. The van der Waals surface area contributed by atoms with Crippen molar-refractivity contribution in [2.45, 2.75) is 32.2 Å². The monoisotopic (exact) mass is 348 g/mol. The Balaban J connectivity index is 1.87. The molecule has 2 aromatic rings. The lowest BCUT2D eigenvalue weighted by molar-refractivity contribution is -0.122. The molecule has 2 atom stereocenters. The van der Waals surface area contributed by atoms with Gasteiger partial charge in [0.1, 0.15) is 18.4 Å². The van der Waals surface area contributed by atoms with Crippen molar-refractivity contribution < 1.29 is 14.6 Å². The molecule has 6 heteroatoms. The summed E-state index contributed by atoms with van der Waals surface area (Å²) in [5.41, 5.74) is 7.19. The molecule has 0 aliphatic heterocycles. The first-order valence-corrected chi connectivity index (χ1v) is 8.00. The van der Waals surface area contributed by atoms with E-state index in [1.807, 2.05) is 48.5 Å². The van der Waals surface area contributed by atoms with Crippen molar-refractivity contribution in [3.63, 3.8) is 0 Å². The van der Waals surface area contributed by atoms with Crippen LogP contribution in [0.1, 0.15) is 18.1 Å². The highest BCUT2D eigenvalue weighted by Crippen LogP contribution is 2.16. The fourth-order valence-electron chi connectivity index (χ4n) is 2.23. The van der Waals surface area contributed by atoms with Crippen LogP contribution < -0.4 is 15.8 Å². The van der Waals surface area contributed by atoms with Crippen LogP contribution in [-0.2, 0) is 17.9 Å². The molecule has 128 valence electrons. The van der Waals surface area contributed by atoms with Gasteiger partial charge in [0.2, 0.25) is 5.91 Å². The summed E-state index contributed by atoms with van der Waals surface area (Å²) in [5, 5.41) is 13.1. The van der Waals surface area contributed by atoms with Gasteiger partial charge in [0.15, 0.2) is 0 Å². The van der Waals surface area contributed by atoms with Crippen molar-refractivity contribution in [2.75, 3.05) is 0 Å². The standard InChI is InChI=1S/C18H21ClN2O3/c1-12(22)17(18(20)23)21-10-13-5-7-16(8-6-13)24-11-14-3-2-4-15(19)9-14/h2-9,12,17,21-22H,10-11H2,1H3,(H2,20,23). The maximum Gasteiger partial charge on any atom is 0.237 e. The maximum atomic E-state index is 11.2. The van der Waals surface area contributed by atoms with Gasteiger partial charge in [0.05, 0.1) is 6.10 Å². The van der Waals surface area contributed by atoms with E-state index in [2.05, 4.69) is 5.32 Å². The number of nitrogens with two attached hydrogens (primary N) is 1. The lowest BCUT2D eigenvalue weighted by Gasteiger charge is -2.18. The lowest BCUT2D eigenvalue weighted by Crippen LogP contribution is -2.47. The van der Waals surface area contributed by atoms with Gasteiger partial charge in [-0.2, -0.15) is 0 Å². The van der Waals surface area contributed by atoms with Gasteiger partial charge in [-0.25, -0.2) is 0 Å². The van der Waals surface area contributed by atoms with Gasteiger partial charge in [0.25, 0.3) is 0 Å². The predicted molar refractivity (Wildman–Crippen MR) is 93.7 cm³/mol. The van der Waals surface area contributed by atoms with Gasteiger partial charge >= 0.3 is 0 Å². The first-order chi connectivity index (χ1) is 11.5. The number of primary amides is 1. The number of hydrogen-bond acceptors (Lipinski definition) is 4. The van der Waals surface area contributed by atoms with Crippen LogP contribution in [0, 0.1) is 0 Å². The third kappa shape index (κ3) is 5.53. The third-order valence-corrected chi connectivity index (χ3v) is 3.77. The normalized spacial score (nSPS) is 13.3. The van der Waals surface area contributed by atoms with E-state index < -0.39 is 18.1 Å². The number of benzene rings is 2. The zero-order chi connectivity index (χ0) is 17.5. The average molecular weight is 349 g/mol. The summed E-state index contributed by atoms with van der Waals surface area (Å²) in [6, 6.07) is 14.2. The minimum absolute atomic E-state index is 0.424. The molecule has 2 aromatic carbocycles. The number of carbonyl (C=O) groups is 1. The van der Waals surface area contributed by atoms with Gasteiger partial charge in [-0.05, 0) is 42.3 Å². The van der Waals surface area contributed by atoms with Gasteiger partial charge in [-0.1, -0.05) is 35.9 Å². The molecule has 0 aliphatic carbocycles. The summed E-state index contributed by atoms with van der Waals surface area (Å²) < 4.78 is 5.71. The second kappa shape index (κ2) is 8.68. The topological polar surface area (TPSA) is 84.6 Å². The summed E-state index contributed by atoms with van der Waals surface area (Å²) in [6.07, 6.45) is -0.845. The Morgan fingerprint density at radius 2 is 1.96 bits per heavy atom. The van der Waals surface area contributed by atoms with Crippen LogP contribution in [0.5, 0.6) is 5.75 Å². The molecular formula is C18H21ClN2O3. The summed E-state index contributed by atoms with van der Waals surface area (Å²) in [6.45, 7) is 2.38. The molecule has 0 saturated heterocycles. The van der Waals surface area contributed by atoms with Crippen LogP contribution in [-0.4, -0.2) is 23.2 Å². The van der Waals surface area contributed by atoms with Gasteiger partial charge in [-0.15, -0.1) is 0 Å². The summed E-state index contributed by atoms with van der Waals surface area (Å²) in [7, 11) is 0. The minimum atomic E-state index is -0.845. The molecule has 0 saturated carbocycles. The summed E-state index contributed by atoms with van der Waals surface area (Å²) >= 11 is 5.94. The number of aliphatic hydroxyl groups excluding tert-OH is 1. The summed E-state index contributed by atoms with van der Waals surface area (Å²) in [4.78, 5) is 11.2. The van der Waals surface area contributed by atoms with E-state index in [-0.39, 0.29) is 0 Å². The molecule has 0 aromatic heterocycles. The Hall–Kier alpha value is -2.08. The zero-order valence-corrected chi connectivity index (χ0v) is 14.2. The third-order valence-electron chi connectivity index (χ3n) is 3.53. The second-order valence-electron chi connectivity index (χ2n) is 5.56. The first kappa shape index (κ1) is 18.3. The molecule has 1 amide bonds. The van der Waals surface area contributed by atoms with Crippen LogP contribution in [0.3, 0.4) is 0 Å². The molecule has 0 bridgehead atoms. The highest BCUT2D eigenvalue weighted by atomic mass is 35.5. The number of amides is 1. The van der Waals surface area contributed by atoms with Gasteiger partial charge in [-0.3, -0.25) is 10.1 Å². The van der Waals surface area contributed by atoms with Crippen molar-refractivity contribution in [1.82, 2.24) is 5.32 Å². The molecule has 0 spiro atoms. The average Bonchev–Trinajstić information content (AvgIpc) is 2.53. The maximum absolute atomic E-state index is 11.2. The Labute approximate surface area is 146 Å². The number of aliphatic hydroxyl groups is 1. The van der Waals surface area contributed by atoms with Crippen LogP contribution in [0.2, 0.25) is 5.02 Å². The second-order valence-corrected chi connectivity index (χ2v) is 6.00. The lowest BCUT2D eigenvalue weighted by atomic mass is 10.1. The van der Waals surface area contributed by atoms with Crippen LogP contribution >= 0.6 is 11.6 Å². The largest absolute Gasteiger partial charge is 0.489 e. The number of ether oxygens (including phenoxy) is 1. The molecule has 0 radical (unpaired) electrons. The van der Waals surface area contributed by atoms with E-state index in [4.69, 9.17) is 22.1 Å². The Morgan fingerprint density at radius 1 is 1.25 bits per heavy atom. The van der Waals surface area contributed by atoms with Gasteiger partial charge in [0, 0.05) is 11.6 Å². The fraction of sp³-hybridized carbons (Fsp3) is 0.278. The summed E-state index contributed by atoms with van der Waals surface area (Å²) in [5.74, 6) is 0.159. The number of nitrogens with one attached hydrogen (secondary N) is 1. The highest BCUT2D eigenvalue weighted by molar-refractivity contribution is 6.30. The van der Waals surface area contributed by atoms with E-state index in [0.29, 0.717) is 18.2 Å². The predicted octanol–water partition coefficient (Wildman–Crippen LogP) is 2.24. The highest BCUT2D eigenvalue weighted by Gasteiger charge is 2.19. The molecule has 24 heavy (non-hydrogen) atoms. The molecule has 2 unspecified atom stereocenters. The molecule has 0 heterocycles. The van der Waals surface area contributed by atoms with Crippen LogP contribution in [0.4, 0.5) is 0 Å². The number of carbonyl (C=O) groups excluding carboxylic acids is 1. The van der Waals surface area contributed by atoms with Crippen molar-refractivity contribution in [3.8, 4) is 5.75 Å². The minimum Gasteiger partial charge on any atom is -0.489 e. The van der Waals surface area contributed by atoms with Crippen molar-refractivity contribution >= 4 is 17.5 Å². The fourth-order valence-corrected chi connectivity index (χ4v) is 2.45. The number of rotatable bonds is 8. The van der Waals surface area contributed by atoms with Crippen LogP contribution in [0.25, 0.3) is 0 Å². The number of halogens is 1. The molecule has 2 rings (SSSR count). The Bertz CT molecular complexity index is 674. The smallest absolute Gasteiger partial charge is 0.237 e. The number of hydrogen-bond donors (Lipinski definition) is 3. The molecular weight excluding hydrogens is 328 g/mol. The van der Waals surface area contributed by atoms with Crippen molar-refractivity contribution in [3.05, 3.63) is 64.7 Å². The van der Waals surface area contributed by atoms with E-state index in [9.17, 15) is 9.90 Å². The van der Waals surface area contributed by atoms with E-state index in [1.54, 1.807) is 0 Å². The molecule has 0 aliphatic rings. The van der Waals surface area contributed by atoms with Gasteiger partial charge < -0.3 is 15.6 Å². The van der Waals surface area contributed by atoms with Crippen molar-refractivity contribution in [1.29, 1.82) is 0 Å².